The van der Waals surface area contributed by atoms with E-state index in [-0.39, 0.29) is 23.7 Å². The molecule has 7 nitrogen and oxygen atoms in total. The Labute approximate surface area is 146 Å². The lowest BCUT2D eigenvalue weighted by molar-refractivity contribution is 0.0735. The largest absolute Gasteiger partial charge is 0.336 e. The second-order valence-corrected chi connectivity index (χ2v) is 6.54. The van der Waals surface area contributed by atoms with Crippen molar-refractivity contribution in [3.05, 3.63) is 29.6 Å². The smallest absolute Gasteiger partial charge is 0.319 e. The van der Waals surface area contributed by atoms with Gasteiger partial charge in [-0.2, -0.15) is 5.26 Å². The number of hydrogen-bond donors (Lipinski definition) is 3. The standard InChI is InChI=1S/C17H22FN5O2/c1-17(2,10-19)11-21-16(25)22-14-4-3-12(9-13(14)18)15(24)23-7-5-20-6-8-23/h3-4,9,20H,5-8,11H2,1-2H3,(H2,21,22,25). The summed E-state index contributed by atoms with van der Waals surface area (Å²) in [6.07, 6.45) is 0. The Balaban J connectivity index is 1.98. The van der Waals surface area contributed by atoms with E-state index in [9.17, 15) is 14.0 Å². The first kappa shape index (κ1) is 18.7. The van der Waals surface area contributed by atoms with Crippen LogP contribution in [0.5, 0.6) is 0 Å². The highest BCUT2D eigenvalue weighted by Crippen LogP contribution is 2.17. The van der Waals surface area contributed by atoms with Crippen molar-refractivity contribution in [2.75, 3.05) is 38.0 Å². The lowest BCUT2D eigenvalue weighted by atomic mass is 9.96. The fourth-order valence-corrected chi connectivity index (χ4v) is 2.31. The van der Waals surface area contributed by atoms with Gasteiger partial charge in [-0.3, -0.25) is 4.79 Å². The zero-order valence-electron chi connectivity index (χ0n) is 14.4. The average molecular weight is 347 g/mol. The maximum absolute atomic E-state index is 14.2. The topological polar surface area (TPSA) is 97.3 Å². The molecule has 1 aromatic carbocycles. The Hall–Kier alpha value is -2.66. The number of nitrogens with one attached hydrogen (secondary N) is 3. The second kappa shape index (κ2) is 7.94. The molecule has 0 spiro atoms. The van der Waals surface area contributed by atoms with Gasteiger partial charge in [0.1, 0.15) is 5.82 Å². The number of halogens is 1. The van der Waals surface area contributed by atoms with E-state index < -0.39 is 17.3 Å². The molecule has 1 fully saturated rings. The van der Waals surface area contributed by atoms with Crippen LogP contribution in [0.1, 0.15) is 24.2 Å². The maximum atomic E-state index is 14.2. The number of piperazine rings is 1. The highest BCUT2D eigenvalue weighted by atomic mass is 19.1. The van der Waals surface area contributed by atoms with Gasteiger partial charge < -0.3 is 20.9 Å². The predicted octanol–water partition coefficient (Wildman–Crippen LogP) is 1.54. The number of carbonyl (C=O) groups is 2. The molecule has 0 saturated carbocycles. The van der Waals surface area contributed by atoms with E-state index in [2.05, 4.69) is 22.0 Å². The van der Waals surface area contributed by atoms with Gasteiger partial charge in [0.25, 0.3) is 5.91 Å². The Morgan fingerprint density at radius 3 is 2.64 bits per heavy atom. The third kappa shape index (κ3) is 5.16. The second-order valence-electron chi connectivity index (χ2n) is 6.54. The molecule has 0 aliphatic carbocycles. The van der Waals surface area contributed by atoms with Crippen LogP contribution in [0.3, 0.4) is 0 Å². The molecule has 2 rings (SSSR count). The number of nitrogens with zero attached hydrogens (tertiary/aromatic N) is 2. The summed E-state index contributed by atoms with van der Waals surface area (Å²) in [5.41, 5.74) is -0.491. The molecule has 3 amide bonds. The summed E-state index contributed by atoms with van der Waals surface area (Å²) >= 11 is 0. The molecular formula is C17H22FN5O2. The Kier molecular flexibility index (Phi) is 5.93. The van der Waals surface area contributed by atoms with E-state index in [4.69, 9.17) is 5.26 Å². The number of urea groups is 1. The summed E-state index contributed by atoms with van der Waals surface area (Å²) in [7, 11) is 0. The molecule has 25 heavy (non-hydrogen) atoms. The van der Waals surface area contributed by atoms with Gasteiger partial charge in [-0.25, -0.2) is 9.18 Å². The van der Waals surface area contributed by atoms with Gasteiger partial charge >= 0.3 is 6.03 Å². The zero-order valence-corrected chi connectivity index (χ0v) is 14.4. The van der Waals surface area contributed by atoms with Crippen LogP contribution in [0.4, 0.5) is 14.9 Å². The molecule has 1 aliphatic heterocycles. The van der Waals surface area contributed by atoms with Gasteiger partial charge in [-0.05, 0) is 32.0 Å². The van der Waals surface area contributed by atoms with Gasteiger partial charge in [-0.15, -0.1) is 0 Å². The summed E-state index contributed by atoms with van der Waals surface area (Å²) in [6.45, 7) is 6.10. The number of rotatable bonds is 4. The lowest BCUT2D eigenvalue weighted by Gasteiger charge is -2.27. The highest BCUT2D eigenvalue weighted by Gasteiger charge is 2.20. The lowest BCUT2D eigenvalue weighted by Crippen LogP contribution is -2.46. The van der Waals surface area contributed by atoms with Gasteiger partial charge in [0.05, 0.1) is 17.2 Å². The number of benzene rings is 1. The molecule has 0 radical (unpaired) electrons. The summed E-state index contributed by atoms with van der Waals surface area (Å²) in [5.74, 6) is -0.914. The van der Waals surface area contributed by atoms with Crippen molar-refractivity contribution < 1.29 is 14.0 Å². The molecule has 1 heterocycles. The fraction of sp³-hybridized carbons (Fsp3) is 0.471. The van der Waals surface area contributed by atoms with Crippen LogP contribution < -0.4 is 16.0 Å². The molecule has 0 atom stereocenters. The number of carbonyl (C=O) groups excluding carboxylic acids is 2. The molecule has 1 aliphatic rings. The van der Waals surface area contributed by atoms with Crippen molar-refractivity contribution in [3.8, 4) is 6.07 Å². The summed E-state index contributed by atoms with van der Waals surface area (Å²) in [5, 5.41) is 17.0. The van der Waals surface area contributed by atoms with Gasteiger partial charge in [0.2, 0.25) is 0 Å². The van der Waals surface area contributed by atoms with Gasteiger partial charge in [-0.1, -0.05) is 0 Å². The Bertz CT molecular complexity index is 693. The van der Waals surface area contributed by atoms with Crippen molar-refractivity contribution in [1.29, 1.82) is 5.26 Å². The van der Waals surface area contributed by atoms with E-state index >= 15 is 0 Å². The summed E-state index contributed by atoms with van der Waals surface area (Å²) in [4.78, 5) is 25.8. The van der Waals surface area contributed by atoms with Crippen molar-refractivity contribution >= 4 is 17.6 Å². The van der Waals surface area contributed by atoms with Crippen molar-refractivity contribution in [2.45, 2.75) is 13.8 Å². The van der Waals surface area contributed by atoms with Crippen LogP contribution in [-0.4, -0.2) is 49.6 Å². The molecule has 8 heteroatoms. The van der Waals surface area contributed by atoms with Crippen LogP contribution in [0.2, 0.25) is 0 Å². The molecule has 1 saturated heterocycles. The minimum absolute atomic E-state index is 0.0240. The van der Waals surface area contributed by atoms with E-state index in [1.54, 1.807) is 18.7 Å². The highest BCUT2D eigenvalue weighted by molar-refractivity contribution is 5.95. The SMILES string of the molecule is CC(C)(C#N)CNC(=O)Nc1ccc(C(=O)N2CCNCC2)cc1F. The van der Waals surface area contributed by atoms with Gasteiger partial charge in [0, 0.05) is 38.3 Å². The van der Waals surface area contributed by atoms with Crippen LogP contribution >= 0.6 is 0 Å². The van der Waals surface area contributed by atoms with Gasteiger partial charge in [0.15, 0.2) is 0 Å². The Morgan fingerprint density at radius 2 is 2.04 bits per heavy atom. The number of nitriles is 1. The minimum atomic E-state index is -0.713. The van der Waals surface area contributed by atoms with Crippen molar-refractivity contribution in [3.63, 3.8) is 0 Å². The van der Waals surface area contributed by atoms with Crippen molar-refractivity contribution in [1.82, 2.24) is 15.5 Å². The average Bonchev–Trinajstić information content (AvgIpc) is 2.62. The van der Waals surface area contributed by atoms with E-state index in [0.29, 0.717) is 26.2 Å². The Morgan fingerprint density at radius 1 is 1.36 bits per heavy atom. The minimum Gasteiger partial charge on any atom is -0.336 e. The van der Waals surface area contributed by atoms with Crippen LogP contribution in [0.15, 0.2) is 18.2 Å². The monoisotopic (exact) mass is 347 g/mol. The molecular weight excluding hydrogens is 325 g/mol. The predicted molar refractivity (Wildman–Crippen MR) is 91.6 cm³/mol. The first-order valence-electron chi connectivity index (χ1n) is 8.08. The quantitative estimate of drug-likeness (QED) is 0.770. The summed E-state index contributed by atoms with van der Waals surface area (Å²) in [6, 6.07) is 5.43. The van der Waals surface area contributed by atoms with E-state index in [1.807, 2.05) is 0 Å². The third-order valence-corrected chi connectivity index (χ3v) is 3.86. The van der Waals surface area contributed by atoms with Crippen LogP contribution in [0, 0.1) is 22.6 Å². The summed E-state index contributed by atoms with van der Waals surface area (Å²) < 4.78 is 14.2. The molecule has 0 aromatic heterocycles. The maximum Gasteiger partial charge on any atom is 0.319 e. The number of anilines is 1. The van der Waals surface area contributed by atoms with E-state index in [1.165, 1.54) is 12.1 Å². The number of hydrogen-bond acceptors (Lipinski definition) is 4. The molecule has 134 valence electrons. The number of amides is 3. The third-order valence-electron chi connectivity index (χ3n) is 3.86. The van der Waals surface area contributed by atoms with Crippen LogP contribution in [-0.2, 0) is 0 Å². The van der Waals surface area contributed by atoms with E-state index in [0.717, 1.165) is 6.07 Å². The molecule has 0 bridgehead atoms. The zero-order chi connectivity index (χ0) is 18.4. The normalized spacial score (nSPS) is 14.6. The van der Waals surface area contributed by atoms with Crippen LogP contribution in [0.25, 0.3) is 0 Å². The molecule has 3 N–H and O–H groups in total. The fourth-order valence-electron chi connectivity index (χ4n) is 2.31. The first-order chi connectivity index (χ1) is 11.8. The first-order valence-corrected chi connectivity index (χ1v) is 8.08. The molecule has 0 unspecified atom stereocenters. The molecule has 1 aromatic rings. The van der Waals surface area contributed by atoms with Crippen molar-refractivity contribution in [2.24, 2.45) is 5.41 Å².